The van der Waals surface area contributed by atoms with Gasteiger partial charge in [-0.25, -0.2) is 9.97 Å². The normalized spacial score (nSPS) is 10.2. The fourth-order valence-corrected chi connectivity index (χ4v) is 2.93. The molecule has 0 radical (unpaired) electrons. The molecule has 0 bridgehead atoms. The molecule has 1 aromatic heterocycles. The van der Waals surface area contributed by atoms with Crippen molar-refractivity contribution in [2.75, 3.05) is 12.8 Å². The Kier molecular flexibility index (Phi) is 5.72. The summed E-state index contributed by atoms with van der Waals surface area (Å²) in [5.74, 6) is 0.317. The minimum Gasteiger partial charge on any atom is -0.341 e. The van der Waals surface area contributed by atoms with E-state index in [1.807, 2.05) is 32.0 Å². The highest BCUT2D eigenvalue weighted by atomic mass is 32.2. The number of rotatable bonds is 5. The molecular weight excluding hydrogens is 308 g/mol. The number of amides is 1. The predicted octanol–water partition coefficient (Wildman–Crippen LogP) is 2.72. The Morgan fingerprint density at radius 2 is 1.83 bits per heavy atom. The van der Waals surface area contributed by atoms with E-state index in [4.69, 9.17) is 5.26 Å². The standard InChI is InChI=1S/C17H18N4OS/c1-12-8-13(2)20-17(19-12)23-11-16(22)21(3)10-15-6-4-14(9-18)5-7-15/h4-8H,10-11H2,1-3H3. The van der Waals surface area contributed by atoms with Crippen LogP contribution in [0.2, 0.25) is 0 Å². The van der Waals surface area contributed by atoms with E-state index in [-0.39, 0.29) is 5.91 Å². The van der Waals surface area contributed by atoms with Gasteiger partial charge >= 0.3 is 0 Å². The first kappa shape index (κ1) is 17.0. The van der Waals surface area contributed by atoms with Crippen LogP contribution in [0, 0.1) is 25.2 Å². The van der Waals surface area contributed by atoms with Gasteiger partial charge in [-0.05, 0) is 37.6 Å². The summed E-state index contributed by atoms with van der Waals surface area (Å²) in [7, 11) is 1.77. The van der Waals surface area contributed by atoms with Crippen LogP contribution in [0.3, 0.4) is 0 Å². The number of hydrogen-bond donors (Lipinski definition) is 0. The first-order chi connectivity index (χ1) is 11.0. The number of benzene rings is 1. The zero-order chi connectivity index (χ0) is 16.8. The summed E-state index contributed by atoms with van der Waals surface area (Å²) < 4.78 is 0. The van der Waals surface area contributed by atoms with Gasteiger partial charge in [0.15, 0.2) is 5.16 Å². The van der Waals surface area contributed by atoms with Crippen LogP contribution < -0.4 is 0 Å². The molecule has 5 nitrogen and oxygen atoms in total. The summed E-state index contributed by atoms with van der Waals surface area (Å²) in [6.07, 6.45) is 0. The third-order valence-electron chi connectivity index (χ3n) is 3.22. The van der Waals surface area contributed by atoms with E-state index in [1.54, 1.807) is 24.1 Å². The highest BCUT2D eigenvalue weighted by Gasteiger charge is 2.11. The van der Waals surface area contributed by atoms with Gasteiger partial charge in [0, 0.05) is 25.0 Å². The second-order valence-electron chi connectivity index (χ2n) is 5.28. The van der Waals surface area contributed by atoms with Crippen LogP contribution in [0.4, 0.5) is 0 Å². The first-order valence-corrected chi connectivity index (χ1v) is 8.14. The number of nitriles is 1. The second kappa shape index (κ2) is 7.75. The van der Waals surface area contributed by atoms with E-state index in [0.29, 0.717) is 23.0 Å². The third kappa shape index (κ3) is 5.08. The Morgan fingerprint density at radius 1 is 1.22 bits per heavy atom. The zero-order valence-corrected chi connectivity index (χ0v) is 14.2. The fourth-order valence-electron chi connectivity index (χ4n) is 2.04. The molecule has 1 amide bonds. The van der Waals surface area contributed by atoms with Gasteiger partial charge in [-0.3, -0.25) is 4.79 Å². The van der Waals surface area contributed by atoms with Gasteiger partial charge in [0.25, 0.3) is 0 Å². The Labute approximate surface area is 140 Å². The molecule has 0 aliphatic rings. The minimum atomic E-state index is 0.0159. The van der Waals surface area contributed by atoms with Crippen LogP contribution in [-0.2, 0) is 11.3 Å². The van der Waals surface area contributed by atoms with E-state index >= 15 is 0 Å². The summed E-state index contributed by atoms with van der Waals surface area (Å²) >= 11 is 1.35. The summed E-state index contributed by atoms with van der Waals surface area (Å²) in [4.78, 5) is 22.5. The van der Waals surface area contributed by atoms with Gasteiger partial charge in [0.1, 0.15) is 0 Å². The van der Waals surface area contributed by atoms with E-state index in [0.717, 1.165) is 17.0 Å². The zero-order valence-electron chi connectivity index (χ0n) is 13.4. The molecule has 0 saturated heterocycles. The van der Waals surface area contributed by atoms with E-state index in [2.05, 4.69) is 16.0 Å². The number of nitrogens with zero attached hydrogens (tertiary/aromatic N) is 4. The lowest BCUT2D eigenvalue weighted by atomic mass is 10.1. The fraction of sp³-hybridized carbons (Fsp3) is 0.294. The van der Waals surface area contributed by atoms with Gasteiger partial charge in [0.05, 0.1) is 17.4 Å². The molecule has 0 spiro atoms. The predicted molar refractivity (Wildman–Crippen MR) is 89.9 cm³/mol. The molecule has 118 valence electrons. The van der Waals surface area contributed by atoms with Crippen LogP contribution in [0.15, 0.2) is 35.5 Å². The SMILES string of the molecule is Cc1cc(C)nc(SCC(=O)N(C)Cc2ccc(C#N)cc2)n1. The Balaban J connectivity index is 1.90. The molecule has 0 atom stereocenters. The van der Waals surface area contributed by atoms with Crippen LogP contribution >= 0.6 is 11.8 Å². The van der Waals surface area contributed by atoms with Crippen LogP contribution in [0.25, 0.3) is 0 Å². The maximum absolute atomic E-state index is 12.2. The lowest BCUT2D eigenvalue weighted by Gasteiger charge is -2.17. The highest BCUT2D eigenvalue weighted by molar-refractivity contribution is 7.99. The molecule has 1 aromatic carbocycles. The third-order valence-corrected chi connectivity index (χ3v) is 4.05. The average Bonchev–Trinajstić information content (AvgIpc) is 2.52. The molecule has 0 unspecified atom stereocenters. The van der Waals surface area contributed by atoms with Crippen molar-refractivity contribution in [1.29, 1.82) is 5.26 Å². The van der Waals surface area contributed by atoms with Crippen molar-refractivity contribution in [3.8, 4) is 6.07 Å². The maximum Gasteiger partial charge on any atom is 0.233 e. The first-order valence-electron chi connectivity index (χ1n) is 7.16. The molecule has 0 aliphatic carbocycles. The lowest BCUT2D eigenvalue weighted by molar-refractivity contribution is -0.127. The number of hydrogen-bond acceptors (Lipinski definition) is 5. The molecule has 0 aliphatic heterocycles. The molecule has 2 rings (SSSR count). The van der Waals surface area contributed by atoms with Gasteiger partial charge in [-0.2, -0.15) is 5.26 Å². The quantitative estimate of drug-likeness (QED) is 0.624. The molecular formula is C17H18N4OS. The lowest BCUT2D eigenvalue weighted by Crippen LogP contribution is -2.27. The summed E-state index contributed by atoms with van der Waals surface area (Å²) in [5, 5.41) is 9.41. The van der Waals surface area contributed by atoms with Crippen molar-refractivity contribution < 1.29 is 4.79 Å². The largest absolute Gasteiger partial charge is 0.341 e. The average molecular weight is 326 g/mol. The molecule has 2 aromatic rings. The van der Waals surface area contributed by atoms with Crippen LogP contribution in [0.1, 0.15) is 22.5 Å². The Morgan fingerprint density at radius 3 is 2.39 bits per heavy atom. The van der Waals surface area contributed by atoms with Gasteiger partial charge in [0.2, 0.25) is 5.91 Å². The van der Waals surface area contributed by atoms with Gasteiger partial charge < -0.3 is 4.90 Å². The highest BCUT2D eigenvalue weighted by Crippen LogP contribution is 2.15. The smallest absolute Gasteiger partial charge is 0.233 e. The van der Waals surface area contributed by atoms with E-state index in [1.165, 1.54) is 11.8 Å². The van der Waals surface area contributed by atoms with Gasteiger partial charge in [-0.1, -0.05) is 23.9 Å². The molecule has 6 heteroatoms. The van der Waals surface area contributed by atoms with Crippen molar-refractivity contribution in [1.82, 2.24) is 14.9 Å². The van der Waals surface area contributed by atoms with Crippen molar-refractivity contribution in [3.63, 3.8) is 0 Å². The molecule has 0 saturated carbocycles. The number of thioether (sulfide) groups is 1. The second-order valence-corrected chi connectivity index (χ2v) is 6.22. The van der Waals surface area contributed by atoms with Crippen molar-refractivity contribution in [2.45, 2.75) is 25.5 Å². The molecule has 0 fully saturated rings. The molecule has 1 heterocycles. The Hall–Kier alpha value is -2.39. The number of aromatic nitrogens is 2. The Bertz CT molecular complexity index is 717. The summed E-state index contributed by atoms with van der Waals surface area (Å²) in [6.45, 7) is 4.34. The van der Waals surface area contributed by atoms with E-state index in [9.17, 15) is 4.79 Å². The molecule has 0 N–H and O–H groups in total. The van der Waals surface area contributed by atoms with Crippen molar-refractivity contribution >= 4 is 17.7 Å². The maximum atomic E-state index is 12.2. The van der Waals surface area contributed by atoms with Crippen molar-refractivity contribution in [2.24, 2.45) is 0 Å². The summed E-state index contributed by atoms with van der Waals surface area (Å²) in [5.41, 5.74) is 3.41. The topological polar surface area (TPSA) is 69.9 Å². The van der Waals surface area contributed by atoms with Gasteiger partial charge in [-0.15, -0.1) is 0 Å². The number of aryl methyl sites for hydroxylation is 2. The number of carbonyl (C=O) groups is 1. The molecule has 23 heavy (non-hydrogen) atoms. The summed E-state index contributed by atoms with van der Waals surface area (Å²) in [6, 6.07) is 11.2. The minimum absolute atomic E-state index is 0.0159. The van der Waals surface area contributed by atoms with Crippen molar-refractivity contribution in [3.05, 3.63) is 52.8 Å². The van der Waals surface area contributed by atoms with E-state index < -0.39 is 0 Å². The number of carbonyl (C=O) groups excluding carboxylic acids is 1. The van der Waals surface area contributed by atoms with Crippen LogP contribution in [-0.4, -0.2) is 33.6 Å². The monoisotopic (exact) mass is 326 g/mol. The van der Waals surface area contributed by atoms with Crippen LogP contribution in [0.5, 0.6) is 0 Å².